The van der Waals surface area contributed by atoms with Crippen molar-refractivity contribution in [2.45, 2.75) is 96.4 Å². The number of alkyl halides is 6. The van der Waals surface area contributed by atoms with Gasteiger partial charge in [0.1, 0.15) is 0 Å². The highest BCUT2D eigenvalue weighted by atomic mass is 19.4. The molecule has 1 heterocycles. The number of benzene rings is 1. The molecule has 0 spiro atoms. The lowest BCUT2D eigenvalue weighted by Gasteiger charge is -2.26. The van der Waals surface area contributed by atoms with Crippen LogP contribution in [0.15, 0.2) is 18.2 Å². The van der Waals surface area contributed by atoms with Crippen LogP contribution in [0.4, 0.5) is 26.3 Å². The van der Waals surface area contributed by atoms with Gasteiger partial charge in [-0.1, -0.05) is 6.92 Å². The minimum absolute atomic E-state index is 0.0388. The number of halogens is 6. The molecule has 0 radical (unpaired) electrons. The van der Waals surface area contributed by atoms with Gasteiger partial charge < -0.3 is 20.5 Å². The Morgan fingerprint density at radius 2 is 1.42 bits per heavy atom. The van der Waals surface area contributed by atoms with Crippen molar-refractivity contribution in [1.29, 1.82) is 0 Å². The van der Waals surface area contributed by atoms with E-state index in [1.165, 1.54) is 39.0 Å². The smallest absolute Gasteiger partial charge is 0.394 e. The minimum Gasteiger partial charge on any atom is -0.394 e. The summed E-state index contributed by atoms with van der Waals surface area (Å²) in [5, 5.41) is 13.9. The lowest BCUT2D eigenvalue weighted by atomic mass is 10.0. The van der Waals surface area contributed by atoms with E-state index in [0.717, 1.165) is 31.2 Å². The second-order valence-corrected chi connectivity index (χ2v) is 9.61. The normalized spacial score (nSPS) is 21.7. The number of rotatable bonds is 5. The Bertz CT molecular complexity index is 742. The number of hydrogen-bond acceptors (Lipinski definition) is 4. The fourth-order valence-corrected chi connectivity index (χ4v) is 3.98. The van der Waals surface area contributed by atoms with Crippen LogP contribution in [-0.2, 0) is 21.9 Å². The molecule has 1 aromatic rings. The molecule has 1 aliphatic carbocycles. The van der Waals surface area contributed by atoms with Gasteiger partial charge in [0.05, 0.1) is 17.2 Å². The Labute approximate surface area is 209 Å². The quantitative estimate of drug-likeness (QED) is 0.331. The van der Waals surface area contributed by atoms with E-state index < -0.39 is 29.5 Å². The van der Waals surface area contributed by atoms with Gasteiger partial charge in [0, 0.05) is 31.4 Å². The van der Waals surface area contributed by atoms with Crippen molar-refractivity contribution < 1.29 is 41.0 Å². The summed E-state index contributed by atoms with van der Waals surface area (Å²) in [4.78, 5) is 10.2. The maximum Gasteiger partial charge on any atom is 0.416 e. The molecule has 1 amide bonds. The molecule has 36 heavy (non-hydrogen) atoms. The zero-order chi connectivity index (χ0) is 27.5. The van der Waals surface area contributed by atoms with Gasteiger partial charge in [0.2, 0.25) is 6.41 Å². The van der Waals surface area contributed by atoms with Crippen molar-refractivity contribution in [3.05, 3.63) is 34.9 Å². The molecule has 1 aromatic carbocycles. The van der Waals surface area contributed by atoms with Gasteiger partial charge in [0.25, 0.3) is 0 Å². The average molecular weight is 529 g/mol. The zero-order valence-corrected chi connectivity index (χ0v) is 21.2. The average Bonchev–Trinajstić information content (AvgIpc) is 3.17. The first-order valence-electron chi connectivity index (χ1n) is 12.1. The third-order valence-electron chi connectivity index (χ3n) is 5.82. The van der Waals surface area contributed by atoms with Crippen LogP contribution in [0.1, 0.15) is 82.5 Å². The number of carbonyl (C=O) groups is 1. The lowest BCUT2D eigenvalue weighted by molar-refractivity contribution is -0.143. The lowest BCUT2D eigenvalue weighted by Crippen LogP contribution is -2.40. The number of aliphatic hydroxyl groups is 1. The number of ether oxygens (including phenoxy) is 1. The van der Waals surface area contributed by atoms with Gasteiger partial charge in [-0.2, -0.15) is 26.3 Å². The molecule has 208 valence electrons. The molecule has 3 atom stereocenters. The van der Waals surface area contributed by atoms with E-state index in [4.69, 9.17) is 9.84 Å². The van der Waals surface area contributed by atoms with Crippen LogP contribution in [0, 0.1) is 5.92 Å². The summed E-state index contributed by atoms with van der Waals surface area (Å²) in [5.41, 5.74) is -3.08. The monoisotopic (exact) mass is 528 g/mol. The molecule has 1 saturated heterocycles. The second-order valence-electron chi connectivity index (χ2n) is 9.61. The van der Waals surface area contributed by atoms with Crippen LogP contribution in [0.25, 0.3) is 0 Å². The number of carbonyl (C=O) groups excluding carboxylic acids is 1. The van der Waals surface area contributed by atoms with Gasteiger partial charge in [0.15, 0.2) is 0 Å². The Kier molecular flexibility index (Phi) is 13.2. The van der Waals surface area contributed by atoms with E-state index in [9.17, 15) is 31.1 Å². The molecule has 1 aliphatic heterocycles. The van der Waals surface area contributed by atoms with E-state index >= 15 is 0 Å². The number of amides is 1. The molecular weight excluding hydrogens is 490 g/mol. The Balaban J connectivity index is 0.000000328. The van der Waals surface area contributed by atoms with Crippen LogP contribution in [0.5, 0.6) is 0 Å². The molecule has 2 fully saturated rings. The van der Waals surface area contributed by atoms with Gasteiger partial charge in [-0.05, 0) is 82.6 Å². The molecule has 3 unspecified atom stereocenters. The number of hydrogen-bond donors (Lipinski definition) is 3. The summed E-state index contributed by atoms with van der Waals surface area (Å²) >= 11 is 0. The van der Waals surface area contributed by atoms with Crippen LogP contribution in [0.3, 0.4) is 0 Å². The fourth-order valence-electron chi connectivity index (χ4n) is 3.98. The predicted octanol–water partition coefficient (Wildman–Crippen LogP) is 5.86. The van der Waals surface area contributed by atoms with Gasteiger partial charge >= 0.3 is 12.4 Å². The minimum atomic E-state index is -4.89. The van der Waals surface area contributed by atoms with Gasteiger partial charge in [-0.15, -0.1) is 0 Å². The summed E-state index contributed by atoms with van der Waals surface area (Å²) in [5.74, 6) is 0.942. The van der Waals surface area contributed by atoms with E-state index in [1.807, 2.05) is 0 Å². The summed E-state index contributed by atoms with van der Waals surface area (Å²) < 4.78 is 80.5. The van der Waals surface area contributed by atoms with E-state index in [-0.39, 0.29) is 24.1 Å². The van der Waals surface area contributed by atoms with E-state index in [1.54, 1.807) is 13.8 Å². The third-order valence-corrected chi connectivity index (χ3v) is 5.82. The standard InChI is InChI=1S/C11H9F6NO.C11H21NO.C3H8O/c1-6(18-5-19)7-2-8(10(12,13)14)4-9(3-7)11(15,16)17;1-9-2-3-11(8-9)12-10-4-6-13-7-5-10;1-3(2)4/h2-6H,1H3,(H,18,19);9-12H,2-8H2,1H3;3-4H,1-2H3. The van der Waals surface area contributed by atoms with Crippen LogP contribution in [-0.4, -0.2) is 42.9 Å². The molecule has 3 N–H and O–H groups in total. The Hall–Kier alpha value is -1.85. The van der Waals surface area contributed by atoms with Crippen LogP contribution in [0.2, 0.25) is 0 Å². The first kappa shape index (κ1) is 32.2. The molecule has 0 bridgehead atoms. The third kappa shape index (κ3) is 12.4. The topological polar surface area (TPSA) is 70.6 Å². The predicted molar refractivity (Wildman–Crippen MR) is 125 cm³/mol. The van der Waals surface area contributed by atoms with Crippen LogP contribution >= 0.6 is 0 Å². The molecular formula is C25H38F6N2O3. The van der Waals surface area contributed by atoms with Crippen molar-refractivity contribution in [3.63, 3.8) is 0 Å². The fraction of sp³-hybridized carbons (Fsp3) is 0.720. The van der Waals surface area contributed by atoms with E-state index in [2.05, 4.69) is 17.6 Å². The molecule has 11 heteroatoms. The Morgan fingerprint density at radius 1 is 0.917 bits per heavy atom. The summed E-state index contributed by atoms with van der Waals surface area (Å²) in [6.45, 7) is 9.01. The summed E-state index contributed by atoms with van der Waals surface area (Å²) in [6, 6.07) is 1.78. The summed E-state index contributed by atoms with van der Waals surface area (Å²) in [6.07, 6.45) is -3.13. The highest BCUT2D eigenvalue weighted by Crippen LogP contribution is 2.37. The highest BCUT2D eigenvalue weighted by Gasteiger charge is 2.37. The molecule has 2 aliphatic rings. The van der Waals surface area contributed by atoms with Crippen molar-refractivity contribution in [2.75, 3.05) is 13.2 Å². The van der Waals surface area contributed by atoms with Crippen molar-refractivity contribution >= 4 is 6.41 Å². The first-order valence-corrected chi connectivity index (χ1v) is 12.1. The Morgan fingerprint density at radius 3 is 1.81 bits per heavy atom. The van der Waals surface area contributed by atoms with Gasteiger partial charge in [-0.3, -0.25) is 4.79 Å². The SMILES string of the molecule is CC(C)O.CC(NC=O)c1cc(C(F)(F)F)cc(C(F)(F)F)c1.CC1CCC(NC2CCOCC2)C1. The van der Waals surface area contributed by atoms with E-state index in [0.29, 0.717) is 12.1 Å². The number of nitrogens with one attached hydrogen (secondary N) is 2. The maximum absolute atomic E-state index is 12.5. The molecule has 0 aromatic heterocycles. The first-order chi connectivity index (χ1) is 16.6. The molecule has 1 saturated carbocycles. The summed E-state index contributed by atoms with van der Waals surface area (Å²) in [7, 11) is 0. The van der Waals surface area contributed by atoms with Gasteiger partial charge in [-0.25, -0.2) is 0 Å². The van der Waals surface area contributed by atoms with Crippen molar-refractivity contribution in [2.24, 2.45) is 5.92 Å². The molecule has 3 rings (SSSR count). The van der Waals surface area contributed by atoms with Crippen molar-refractivity contribution in [3.8, 4) is 0 Å². The molecule has 5 nitrogen and oxygen atoms in total. The van der Waals surface area contributed by atoms with Crippen molar-refractivity contribution in [1.82, 2.24) is 10.6 Å². The zero-order valence-electron chi connectivity index (χ0n) is 21.2. The number of aliphatic hydroxyl groups excluding tert-OH is 1. The largest absolute Gasteiger partial charge is 0.416 e. The highest BCUT2D eigenvalue weighted by molar-refractivity contribution is 5.48. The maximum atomic E-state index is 12.5. The second kappa shape index (κ2) is 14.8. The van der Waals surface area contributed by atoms with Crippen LogP contribution < -0.4 is 10.6 Å².